The van der Waals surface area contributed by atoms with Crippen LogP contribution in [0.2, 0.25) is 0 Å². The molecule has 0 heterocycles. The van der Waals surface area contributed by atoms with Gasteiger partial charge in [-0.05, 0) is 25.5 Å². The molecule has 88 valence electrons. The minimum Gasteiger partial charge on any atom is -0.341 e. The molecule has 0 fully saturated rings. The van der Waals surface area contributed by atoms with E-state index in [0.717, 1.165) is 16.5 Å². The first kappa shape index (κ1) is 12.6. The van der Waals surface area contributed by atoms with E-state index in [9.17, 15) is 13.2 Å². The molecule has 4 heteroatoms. The van der Waals surface area contributed by atoms with E-state index >= 15 is 0 Å². The van der Waals surface area contributed by atoms with Gasteiger partial charge in [0.2, 0.25) is 0 Å². The summed E-state index contributed by atoms with van der Waals surface area (Å²) < 4.78 is 38.0. The van der Waals surface area contributed by atoms with Gasteiger partial charge in [-0.2, -0.15) is 13.2 Å². The zero-order chi connectivity index (χ0) is 12.3. The second-order valence-electron chi connectivity index (χ2n) is 3.52. The van der Waals surface area contributed by atoms with E-state index in [2.05, 4.69) is 0 Å². The number of hydrogen-bond donors (Lipinski definition) is 0. The maximum atomic E-state index is 12.7. The molecule has 0 aliphatic rings. The van der Waals surface area contributed by atoms with Crippen molar-refractivity contribution < 1.29 is 13.2 Å². The lowest BCUT2D eigenvalue weighted by molar-refractivity contribution is -0.0930. The van der Waals surface area contributed by atoms with Gasteiger partial charge >= 0.3 is 6.18 Å². The Kier molecular flexibility index (Phi) is 3.62. The number of rotatable bonds is 2. The molecule has 1 rings (SSSR count). The zero-order valence-electron chi connectivity index (χ0n) is 9.47. The van der Waals surface area contributed by atoms with E-state index in [1.165, 1.54) is 14.0 Å². The maximum Gasteiger partial charge on any atom is 0.431 e. The maximum absolute atomic E-state index is 12.7. The standard InChI is InChI=1S/C12H14F3N/c1-4-11(12(13,14)15)16(3)10-8-6-5-7-9(10)2/h4-8H,1-3H3/b11-4-. The number of halogens is 3. The molecule has 0 unspecified atom stereocenters. The van der Waals surface area contributed by atoms with Crippen molar-refractivity contribution in [2.45, 2.75) is 20.0 Å². The molecule has 0 spiro atoms. The number of allylic oxidation sites excluding steroid dienone is 2. The van der Waals surface area contributed by atoms with Crippen molar-refractivity contribution in [2.75, 3.05) is 11.9 Å². The van der Waals surface area contributed by atoms with Crippen LogP contribution in [0.15, 0.2) is 36.0 Å². The van der Waals surface area contributed by atoms with Gasteiger partial charge in [-0.15, -0.1) is 0 Å². The highest BCUT2D eigenvalue weighted by Gasteiger charge is 2.36. The Labute approximate surface area is 93.2 Å². The Morgan fingerprint density at radius 3 is 2.25 bits per heavy atom. The summed E-state index contributed by atoms with van der Waals surface area (Å²) in [5.74, 6) is 0. The number of aryl methyl sites for hydroxylation is 1. The normalized spacial score (nSPS) is 12.8. The molecule has 1 aromatic rings. The quantitative estimate of drug-likeness (QED) is 0.743. The van der Waals surface area contributed by atoms with Gasteiger partial charge in [-0.25, -0.2) is 0 Å². The van der Waals surface area contributed by atoms with Crippen LogP contribution >= 0.6 is 0 Å². The molecule has 0 saturated heterocycles. The first-order valence-electron chi connectivity index (χ1n) is 4.90. The molecule has 0 amide bonds. The third-order valence-electron chi connectivity index (χ3n) is 2.40. The van der Waals surface area contributed by atoms with Gasteiger partial charge in [0, 0.05) is 12.7 Å². The molecule has 1 aromatic carbocycles. The van der Waals surface area contributed by atoms with E-state index in [1.54, 1.807) is 31.2 Å². The molecule has 0 radical (unpaired) electrons. The predicted molar refractivity (Wildman–Crippen MR) is 59.4 cm³/mol. The van der Waals surface area contributed by atoms with Gasteiger partial charge in [-0.1, -0.05) is 24.3 Å². The molecule has 0 aliphatic heterocycles. The highest BCUT2D eigenvalue weighted by Crippen LogP contribution is 2.32. The van der Waals surface area contributed by atoms with Crippen LogP contribution in [-0.4, -0.2) is 13.2 Å². The van der Waals surface area contributed by atoms with Crippen LogP contribution in [0.3, 0.4) is 0 Å². The van der Waals surface area contributed by atoms with Crippen LogP contribution in [0.4, 0.5) is 18.9 Å². The lowest BCUT2D eigenvalue weighted by Crippen LogP contribution is -2.28. The molecule has 16 heavy (non-hydrogen) atoms. The minimum atomic E-state index is -4.33. The molecule has 0 bridgehead atoms. The number of nitrogens with zero attached hydrogens (tertiary/aromatic N) is 1. The second-order valence-corrected chi connectivity index (χ2v) is 3.52. The molecule has 0 saturated carbocycles. The van der Waals surface area contributed by atoms with E-state index in [1.807, 2.05) is 0 Å². The zero-order valence-corrected chi connectivity index (χ0v) is 9.47. The first-order valence-corrected chi connectivity index (χ1v) is 4.90. The Balaban J connectivity index is 3.12. The van der Waals surface area contributed by atoms with Gasteiger partial charge in [-0.3, -0.25) is 0 Å². The number of benzene rings is 1. The topological polar surface area (TPSA) is 3.24 Å². The molecule has 0 aliphatic carbocycles. The van der Waals surface area contributed by atoms with Gasteiger partial charge in [0.25, 0.3) is 0 Å². The fraction of sp³-hybridized carbons (Fsp3) is 0.333. The summed E-state index contributed by atoms with van der Waals surface area (Å²) in [4.78, 5) is 1.16. The van der Waals surface area contributed by atoms with Gasteiger partial charge in [0.15, 0.2) is 0 Å². The summed E-state index contributed by atoms with van der Waals surface area (Å²) in [6.45, 7) is 3.17. The lowest BCUT2D eigenvalue weighted by atomic mass is 10.1. The van der Waals surface area contributed by atoms with Crippen LogP contribution in [0, 0.1) is 6.92 Å². The van der Waals surface area contributed by atoms with E-state index in [-0.39, 0.29) is 0 Å². The summed E-state index contributed by atoms with van der Waals surface area (Å²) in [7, 11) is 1.42. The summed E-state index contributed by atoms with van der Waals surface area (Å²) in [5, 5.41) is 0. The largest absolute Gasteiger partial charge is 0.431 e. The summed E-state index contributed by atoms with van der Waals surface area (Å²) in [5.41, 5.74) is 0.725. The van der Waals surface area contributed by atoms with Crippen molar-refractivity contribution in [3.8, 4) is 0 Å². The highest BCUT2D eigenvalue weighted by molar-refractivity contribution is 5.57. The minimum absolute atomic E-state index is 0.563. The number of para-hydroxylation sites is 1. The van der Waals surface area contributed by atoms with Crippen molar-refractivity contribution in [3.63, 3.8) is 0 Å². The third kappa shape index (κ3) is 2.56. The average Bonchev–Trinajstić information content (AvgIpc) is 2.17. The Hall–Kier alpha value is -1.45. The van der Waals surface area contributed by atoms with Crippen molar-refractivity contribution in [1.82, 2.24) is 0 Å². The number of alkyl halides is 3. The molecule has 1 nitrogen and oxygen atoms in total. The summed E-state index contributed by atoms with van der Waals surface area (Å²) >= 11 is 0. The van der Waals surface area contributed by atoms with Crippen LogP contribution < -0.4 is 4.90 Å². The monoisotopic (exact) mass is 229 g/mol. The third-order valence-corrected chi connectivity index (χ3v) is 2.40. The van der Waals surface area contributed by atoms with E-state index in [4.69, 9.17) is 0 Å². The fourth-order valence-electron chi connectivity index (χ4n) is 1.62. The molecule has 0 N–H and O–H groups in total. The average molecular weight is 229 g/mol. The fourth-order valence-corrected chi connectivity index (χ4v) is 1.62. The Bertz CT molecular complexity index is 393. The summed E-state index contributed by atoms with van der Waals surface area (Å²) in [6, 6.07) is 6.98. The van der Waals surface area contributed by atoms with E-state index < -0.39 is 11.9 Å². The number of anilines is 1. The second kappa shape index (κ2) is 4.60. The lowest BCUT2D eigenvalue weighted by Gasteiger charge is -2.25. The molecule has 0 atom stereocenters. The smallest absolute Gasteiger partial charge is 0.341 e. The Morgan fingerprint density at radius 2 is 1.81 bits per heavy atom. The Morgan fingerprint density at radius 1 is 1.25 bits per heavy atom. The molecular weight excluding hydrogens is 215 g/mol. The molecule has 0 aromatic heterocycles. The van der Waals surface area contributed by atoms with Crippen LogP contribution in [-0.2, 0) is 0 Å². The van der Waals surface area contributed by atoms with Gasteiger partial charge in [0.1, 0.15) is 5.70 Å². The number of hydrogen-bond acceptors (Lipinski definition) is 1. The van der Waals surface area contributed by atoms with E-state index in [0.29, 0.717) is 5.69 Å². The molecular formula is C12H14F3N. The highest BCUT2D eigenvalue weighted by atomic mass is 19.4. The predicted octanol–water partition coefficient (Wildman–Crippen LogP) is 3.90. The summed E-state index contributed by atoms with van der Waals surface area (Å²) in [6.07, 6.45) is -3.25. The van der Waals surface area contributed by atoms with Crippen LogP contribution in [0.25, 0.3) is 0 Å². The van der Waals surface area contributed by atoms with Gasteiger partial charge in [0.05, 0.1) is 0 Å². The van der Waals surface area contributed by atoms with Crippen LogP contribution in [0.5, 0.6) is 0 Å². The van der Waals surface area contributed by atoms with Crippen molar-refractivity contribution >= 4 is 5.69 Å². The van der Waals surface area contributed by atoms with Gasteiger partial charge < -0.3 is 4.90 Å². The van der Waals surface area contributed by atoms with Crippen molar-refractivity contribution in [3.05, 3.63) is 41.6 Å². The van der Waals surface area contributed by atoms with Crippen LogP contribution in [0.1, 0.15) is 12.5 Å². The SMILES string of the molecule is C/C=C(\N(C)c1ccccc1C)C(F)(F)F. The van der Waals surface area contributed by atoms with Crippen molar-refractivity contribution in [2.24, 2.45) is 0 Å². The first-order chi connectivity index (χ1) is 7.38. The van der Waals surface area contributed by atoms with Crippen molar-refractivity contribution in [1.29, 1.82) is 0 Å².